The van der Waals surface area contributed by atoms with Gasteiger partial charge >= 0.3 is 0 Å². The lowest BCUT2D eigenvalue weighted by Crippen LogP contribution is -1.47. The summed E-state index contributed by atoms with van der Waals surface area (Å²) in [5.74, 6) is 0. The highest BCUT2D eigenvalue weighted by atomic mass is 28.1. The van der Waals surface area contributed by atoms with Gasteiger partial charge in [0, 0.05) is 10.2 Å². The molecule has 0 amide bonds. The van der Waals surface area contributed by atoms with Gasteiger partial charge in [0.05, 0.1) is 0 Å². The molecule has 1 heteroatoms. The Kier molecular flexibility index (Phi) is 34.2. The van der Waals surface area contributed by atoms with Gasteiger partial charge in [0.15, 0.2) is 0 Å². The van der Waals surface area contributed by atoms with E-state index in [0.29, 0.717) is 0 Å². The monoisotopic (exact) mass is 100 g/mol. The van der Waals surface area contributed by atoms with Gasteiger partial charge in [-0.1, -0.05) is 6.08 Å². The Labute approximate surface area is 43.0 Å². The molecule has 36 valence electrons. The fraction of sp³-hybridized carbons (Fsp3) is 0.200. The second kappa shape index (κ2) is 22.3. The second-order valence-electron chi connectivity index (χ2n) is 0.697. The molecule has 0 atom stereocenters. The molecular weight excluding hydrogens is 88.1 g/mol. The summed E-state index contributed by atoms with van der Waals surface area (Å²) in [5.41, 5.74) is 0. The van der Waals surface area contributed by atoms with E-state index in [2.05, 4.69) is 19.7 Å². The van der Waals surface area contributed by atoms with E-state index in [-0.39, 0.29) is 0 Å². The molecule has 0 aliphatic carbocycles. The molecule has 0 heterocycles. The molecule has 0 aromatic rings. The molecular formula is C5H12Si. The van der Waals surface area contributed by atoms with Gasteiger partial charge in [-0.15, -0.1) is 19.7 Å². The van der Waals surface area contributed by atoms with Crippen molar-refractivity contribution in [2.24, 2.45) is 0 Å². The van der Waals surface area contributed by atoms with E-state index in [4.69, 9.17) is 0 Å². The Morgan fingerprint density at radius 2 is 1.67 bits per heavy atom. The molecule has 0 nitrogen and oxygen atoms in total. The van der Waals surface area contributed by atoms with Crippen LogP contribution in [0.4, 0.5) is 0 Å². The molecule has 0 saturated heterocycles. The first-order chi connectivity index (χ1) is 2.91. The quantitative estimate of drug-likeness (QED) is 0.337. The van der Waals surface area contributed by atoms with E-state index in [9.17, 15) is 0 Å². The number of hydrogen-bond donors (Lipinski definition) is 0. The number of hydrogen-bond acceptors (Lipinski definition) is 0. The minimum atomic E-state index is 1.22. The standard InChI is InChI=1S/C3H8Si.C2H4/c1-2-3-4;1-2/h2H,1,3H2,4H3;1-2H2. The molecule has 0 unspecified atom stereocenters. The van der Waals surface area contributed by atoms with Crippen LogP contribution in [0.15, 0.2) is 25.8 Å². The fourth-order valence-corrected chi connectivity index (χ4v) is 0. The zero-order chi connectivity index (χ0) is 5.41. The van der Waals surface area contributed by atoms with Crippen LogP contribution >= 0.6 is 0 Å². The van der Waals surface area contributed by atoms with Gasteiger partial charge in [-0.2, -0.15) is 0 Å². The molecule has 0 fully saturated rings. The van der Waals surface area contributed by atoms with Crippen molar-refractivity contribution in [1.82, 2.24) is 0 Å². The van der Waals surface area contributed by atoms with Crippen LogP contribution in [0, 0.1) is 0 Å². The summed E-state index contributed by atoms with van der Waals surface area (Å²) in [6.07, 6.45) is 1.94. The largest absolute Gasteiger partial charge is 0.106 e. The minimum Gasteiger partial charge on any atom is -0.106 e. The third-order valence-corrected chi connectivity index (χ3v) is 0.866. The van der Waals surface area contributed by atoms with Crippen molar-refractivity contribution in [3.8, 4) is 0 Å². The van der Waals surface area contributed by atoms with Gasteiger partial charge in [-0.3, -0.25) is 0 Å². The smallest absolute Gasteiger partial charge is 0.00753 e. The van der Waals surface area contributed by atoms with E-state index in [1.165, 1.54) is 16.3 Å². The molecule has 0 rings (SSSR count). The molecule has 0 aromatic heterocycles. The molecule has 0 aromatic carbocycles. The van der Waals surface area contributed by atoms with Crippen molar-refractivity contribution in [3.05, 3.63) is 25.8 Å². The van der Waals surface area contributed by atoms with Crippen LogP contribution in [-0.4, -0.2) is 10.2 Å². The van der Waals surface area contributed by atoms with Gasteiger partial charge in [0.2, 0.25) is 0 Å². The summed E-state index contributed by atoms with van der Waals surface area (Å²) < 4.78 is 0. The second-order valence-corrected chi connectivity index (χ2v) is 1.51. The van der Waals surface area contributed by atoms with E-state index in [1.54, 1.807) is 0 Å². The van der Waals surface area contributed by atoms with Crippen LogP contribution in [0.1, 0.15) is 0 Å². The van der Waals surface area contributed by atoms with Gasteiger partial charge in [0.1, 0.15) is 0 Å². The highest BCUT2D eigenvalue weighted by Crippen LogP contribution is 1.61. The first-order valence-corrected chi connectivity index (χ1v) is 3.44. The third kappa shape index (κ3) is 55.4. The van der Waals surface area contributed by atoms with E-state index in [1.807, 2.05) is 6.08 Å². The van der Waals surface area contributed by atoms with Crippen LogP contribution in [0.2, 0.25) is 6.04 Å². The van der Waals surface area contributed by atoms with Gasteiger partial charge in [0.25, 0.3) is 0 Å². The summed E-state index contributed by atoms with van der Waals surface area (Å²) in [4.78, 5) is 0. The zero-order valence-corrected chi connectivity index (χ0v) is 6.41. The van der Waals surface area contributed by atoms with Crippen LogP contribution in [-0.2, 0) is 0 Å². The normalized spacial score (nSPS) is 5.33. The molecule has 0 radical (unpaired) electrons. The van der Waals surface area contributed by atoms with Crippen molar-refractivity contribution >= 4 is 10.2 Å². The summed E-state index contributed by atoms with van der Waals surface area (Å²) in [6.45, 7) is 9.51. The molecule has 0 aliphatic rings. The number of allylic oxidation sites excluding steroid dienone is 1. The Morgan fingerprint density at radius 1 is 1.50 bits per heavy atom. The SMILES string of the molecule is C=C.C=CC[SiH3]. The molecule has 0 saturated carbocycles. The average molecular weight is 100 g/mol. The first-order valence-electron chi connectivity index (χ1n) is 2.02. The molecule has 0 bridgehead atoms. The Bertz CT molecular complexity index is 25.1. The minimum absolute atomic E-state index is 1.22. The lowest BCUT2D eigenvalue weighted by molar-refractivity contribution is 1.76. The molecule has 0 spiro atoms. The van der Waals surface area contributed by atoms with Crippen molar-refractivity contribution in [3.63, 3.8) is 0 Å². The Balaban J connectivity index is 0. The third-order valence-electron chi connectivity index (χ3n) is 0.289. The average Bonchev–Trinajstić information content (AvgIpc) is 1.72. The fourth-order valence-electron chi connectivity index (χ4n) is 0. The molecule has 0 aliphatic heterocycles. The lowest BCUT2D eigenvalue weighted by Gasteiger charge is -1.57. The van der Waals surface area contributed by atoms with Crippen LogP contribution in [0.5, 0.6) is 0 Å². The molecule has 0 N–H and O–H groups in total. The van der Waals surface area contributed by atoms with Gasteiger partial charge in [-0.25, -0.2) is 0 Å². The predicted octanol–water partition coefficient (Wildman–Crippen LogP) is 0.758. The summed E-state index contributed by atoms with van der Waals surface area (Å²) in [7, 11) is 1.27. The maximum absolute atomic E-state index is 3.51. The maximum Gasteiger partial charge on any atom is 0.00753 e. The maximum atomic E-state index is 3.51. The number of rotatable bonds is 1. The van der Waals surface area contributed by atoms with Gasteiger partial charge in [-0.05, 0) is 6.04 Å². The highest BCUT2D eigenvalue weighted by molar-refractivity contribution is 6.09. The first kappa shape index (κ1) is 9.20. The van der Waals surface area contributed by atoms with E-state index >= 15 is 0 Å². The van der Waals surface area contributed by atoms with Crippen LogP contribution < -0.4 is 0 Å². The topological polar surface area (TPSA) is 0 Å². The van der Waals surface area contributed by atoms with Crippen molar-refractivity contribution in [1.29, 1.82) is 0 Å². The summed E-state index contributed by atoms with van der Waals surface area (Å²) in [5, 5.41) is 0. The van der Waals surface area contributed by atoms with Crippen molar-refractivity contribution < 1.29 is 0 Å². The Morgan fingerprint density at radius 3 is 1.67 bits per heavy atom. The summed E-state index contributed by atoms with van der Waals surface area (Å²) >= 11 is 0. The van der Waals surface area contributed by atoms with Gasteiger partial charge < -0.3 is 0 Å². The predicted molar refractivity (Wildman–Crippen MR) is 36.2 cm³/mol. The highest BCUT2D eigenvalue weighted by Gasteiger charge is 1.46. The van der Waals surface area contributed by atoms with E-state index in [0.717, 1.165) is 0 Å². The van der Waals surface area contributed by atoms with Crippen molar-refractivity contribution in [2.45, 2.75) is 6.04 Å². The van der Waals surface area contributed by atoms with Crippen molar-refractivity contribution in [2.75, 3.05) is 0 Å². The Hall–Kier alpha value is -0.303. The lowest BCUT2D eigenvalue weighted by atomic mass is 10.8. The van der Waals surface area contributed by atoms with E-state index < -0.39 is 0 Å². The van der Waals surface area contributed by atoms with Crippen LogP contribution in [0.3, 0.4) is 0 Å². The molecule has 6 heavy (non-hydrogen) atoms. The summed E-state index contributed by atoms with van der Waals surface area (Å²) in [6, 6.07) is 1.22. The zero-order valence-electron chi connectivity index (χ0n) is 4.41. The van der Waals surface area contributed by atoms with Crippen LogP contribution in [0.25, 0.3) is 0 Å².